The fourth-order valence-electron chi connectivity index (χ4n) is 4.02. The summed E-state index contributed by atoms with van der Waals surface area (Å²) in [5.74, 6) is 2.15. The highest BCUT2D eigenvalue weighted by Gasteiger charge is 2.36. The number of hydrogen-bond donors (Lipinski definition) is 1. The molecule has 2 aromatic heterocycles. The Bertz CT molecular complexity index is 773. The molecule has 6 heteroatoms. The molecule has 0 atom stereocenters. The molecular weight excluding hydrogens is 326 g/mol. The van der Waals surface area contributed by atoms with Crippen molar-refractivity contribution in [3.63, 3.8) is 0 Å². The molecule has 4 rings (SSSR count). The molecular formula is C20H29N5O. The van der Waals surface area contributed by atoms with Gasteiger partial charge in [0.05, 0.1) is 18.9 Å². The summed E-state index contributed by atoms with van der Waals surface area (Å²) in [6, 6.07) is 3.32. The Morgan fingerprint density at radius 3 is 2.58 bits per heavy atom. The van der Waals surface area contributed by atoms with E-state index in [-0.39, 0.29) is 0 Å². The Labute approximate surface area is 155 Å². The lowest BCUT2D eigenvalue weighted by atomic mass is 9.84. The predicted molar refractivity (Wildman–Crippen MR) is 103 cm³/mol. The van der Waals surface area contributed by atoms with E-state index in [4.69, 9.17) is 15.5 Å². The van der Waals surface area contributed by atoms with Crippen LogP contribution in [0.2, 0.25) is 0 Å². The Hall–Kier alpha value is -1.92. The van der Waals surface area contributed by atoms with Crippen LogP contribution in [0.3, 0.4) is 0 Å². The zero-order chi connectivity index (χ0) is 18.3. The number of nitrogen functional groups attached to an aromatic ring is 1. The molecule has 0 unspecified atom stereocenters. The van der Waals surface area contributed by atoms with Crippen LogP contribution in [0.4, 0.5) is 5.82 Å². The third-order valence-corrected chi connectivity index (χ3v) is 5.74. The first-order valence-corrected chi connectivity index (χ1v) is 9.66. The van der Waals surface area contributed by atoms with Crippen LogP contribution in [-0.4, -0.2) is 51.8 Å². The van der Waals surface area contributed by atoms with Gasteiger partial charge in [-0.1, -0.05) is 13.8 Å². The smallest absolute Gasteiger partial charge is 0.126 e. The molecule has 1 saturated carbocycles. The summed E-state index contributed by atoms with van der Waals surface area (Å²) in [6.07, 6.45) is 6.45. The third kappa shape index (κ3) is 3.23. The van der Waals surface area contributed by atoms with E-state index in [1.165, 1.54) is 18.7 Å². The predicted octanol–water partition coefficient (Wildman–Crippen LogP) is 2.99. The molecule has 1 aliphatic carbocycles. The minimum atomic E-state index is 0.397. The Morgan fingerprint density at radius 1 is 1.19 bits per heavy atom. The molecule has 2 aliphatic rings. The number of aromatic nitrogens is 3. The van der Waals surface area contributed by atoms with Crippen LogP contribution in [0.25, 0.3) is 11.3 Å². The van der Waals surface area contributed by atoms with Gasteiger partial charge in [0.25, 0.3) is 0 Å². The summed E-state index contributed by atoms with van der Waals surface area (Å²) in [7, 11) is 0. The minimum absolute atomic E-state index is 0.397. The van der Waals surface area contributed by atoms with Gasteiger partial charge in [-0.05, 0) is 31.4 Å². The molecule has 2 N–H and O–H groups in total. The van der Waals surface area contributed by atoms with Crippen molar-refractivity contribution in [3.05, 3.63) is 29.8 Å². The van der Waals surface area contributed by atoms with Crippen LogP contribution >= 0.6 is 0 Å². The average Bonchev–Trinajstić information content (AvgIpc) is 3.02. The molecule has 0 aromatic carbocycles. The zero-order valence-corrected chi connectivity index (χ0v) is 16.0. The van der Waals surface area contributed by atoms with Crippen molar-refractivity contribution in [2.45, 2.75) is 51.6 Å². The van der Waals surface area contributed by atoms with Gasteiger partial charge in [0.15, 0.2) is 0 Å². The monoisotopic (exact) mass is 355 g/mol. The summed E-state index contributed by atoms with van der Waals surface area (Å²) >= 11 is 0. The first-order chi connectivity index (χ1) is 12.5. The topological polar surface area (TPSA) is 69.2 Å². The number of morpholine rings is 1. The van der Waals surface area contributed by atoms with E-state index >= 15 is 0 Å². The van der Waals surface area contributed by atoms with E-state index in [0.717, 1.165) is 43.1 Å². The lowest BCUT2D eigenvalue weighted by molar-refractivity contribution is -0.0151. The van der Waals surface area contributed by atoms with Crippen LogP contribution in [-0.2, 0) is 4.74 Å². The molecule has 0 spiro atoms. The second-order valence-corrected chi connectivity index (χ2v) is 7.90. The summed E-state index contributed by atoms with van der Waals surface area (Å²) in [5.41, 5.74) is 8.91. The largest absolute Gasteiger partial charge is 0.383 e. The van der Waals surface area contributed by atoms with Gasteiger partial charge in [-0.2, -0.15) is 0 Å². The van der Waals surface area contributed by atoms with Gasteiger partial charge in [0.1, 0.15) is 11.6 Å². The maximum atomic E-state index is 5.86. The number of ether oxygens (including phenoxy) is 1. The van der Waals surface area contributed by atoms with Crippen LogP contribution < -0.4 is 5.73 Å². The number of nitrogens with two attached hydrogens (primary N) is 1. The minimum Gasteiger partial charge on any atom is -0.383 e. The molecule has 140 valence electrons. The highest BCUT2D eigenvalue weighted by Crippen LogP contribution is 2.39. The van der Waals surface area contributed by atoms with Gasteiger partial charge in [0.2, 0.25) is 0 Å². The van der Waals surface area contributed by atoms with Gasteiger partial charge >= 0.3 is 0 Å². The number of hydrogen-bond acceptors (Lipinski definition) is 5. The van der Waals surface area contributed by atoms with E-state index < -0.39 is 0 Å². The highest BCUT2D eigenvalue weighted by atomic mass is 16.5. The second kappa shape index (κ2) is 7.00. The van der Waals surface area contributed by atoms with E-state index in [0.29, 0.717) is 23.8 Å². The van der Waals surface area contributed by atoms with Gasteiger partial charge in [-0.25, -0.2) is 9.97 Å². The van der Waals surface area contributed by atoms with E-state index in [9.17, 15) is 0 Å². The second-order valence-electron chi connectivity index (χ2n) is 7.90. The number of aryl methyl sites for hydroxylation is 1. The summed E-state index contributed by atoms with van der Waals surface area (Å²) in [5, 5.41) is 0. The van der Waals surface area contributed by atoms with E-state index in [1.54, 1.807) is 0 Å². The summed E-state index contributed by atoms with van der Waals surface area (Å²) < 4.78 is 7.88. The van der Waals surface area contributed by atoms with Gasteiger partial charge < -0.3 is 15.0 Å². The molecule has 0 amide bonds. The average molecular weight is 355 g/mol. The molecule has 6 nitrogen and oxygen atoms in total. The van der Waals surface area contributed by atoms with Gasteiger partial charge in [0, 0.05) is 49.0 Å². The fraction of sp³-hybridized carbons (Fsp3) is 0.600. The van der Waals surface area contributed by atoms with Crippen LogP contribution in [0.15, 0.2) is 18.5 Å². The molecule has 0 bridgehead atoms. The maximum Gasteiger partial charge on any atom is 0.126 e. The van der Waals surface area contributed by atoms with Gasteiger partial charge in [-0.15, -0.1) is 0 Å². The number of rotatable bonds is 4. The number of pyridine rings is 1. The highest BCUT2D eigenvalue weighted by molar-refractivity contribution is 5.61. The lowest BCUT2D eigenvalue weighted by Gasteiger charge is -2.45. The lowest BCUT2D eigenvalue weighted by Crippen LogP contribution is -2.50. The van der Waals surface area contributed by atoms with Crippen molar-refractivity contribution in [2.75, 3.05) is 32.0 Å². The van der Waals surface area contributed by atoms with Crippen molar-refractivity contribution in [2.24, 2.45) is 0 Å². The molecule has 1 saturated heterocycles. The first-order valence-electron chi connectivity index (χ1n) is 9.66. The Kier molecular flexibility index (Phi) is 4.71. The van der Waals surface area contributed by atoms with E-state index in [2.05, 4.69) is 40.6 Å². The molecule has 0 radical (unpaired) electrons. The van der Waals surface area contributed by atoms with Crippen LogP contribution in [0.5, 0.6) is 0 Å². The standard InChI is InChI=1S/C20H29N5O/c1-13(2)20-23-18(15-8-14(3)19(21)22-11-15)12-25(20)17-9-16(10-17)24-4-6-26-7-5-24/h8,11-13,16-17H,4-7,9-10H2,1-3H3,(H2,21,22). The summed E-state index contributed by atoms with van der Waals surface area (Å²) in [4.78, 5) is 11.8. The van der Waals surface area contributed by atoms with Crippen molar-refractivity contribution >= 4 is 5.82 Å². The molecule has 26 heavy (non-hydrogen) atoms. The van der Waals surface area contributed by atoms with Crippen LogP contribution in [0.1, 0.15) is 50.0 Å². The normalized spacial score (nSPS) is 24.0. The molecule has 2 fully saturated rings. The Morgan fingerprint density at radius 2 is 1.92 bits per heavy atom. The maximum absolute atomic E-state index is 5.86. The van der Waals surface area contributed by atoms with Gasteiger partial charge in [-0.3, -0.25) is 4.90 Å². The molecule has 3 heterocycles. The number of anilines is 1. The SMILES string of the molecule is Cc1cc(-c2cn(C3CC(N4CCOCC4)C3)c(C(C)C)n2)cnc1N. The van der Waals surface area contributed by atoms with Crippen molar-refractivity contribution < 1.29 is 4.74 Å². The van der Waals surface area contributed by atoms with Crippen molar-refractivity contribution in [3.8, 4) is 11.3 Å². The first kappa shape index (κ1) is 17.5. The van der Waals surface area contributed by atoms with E-state index in [1.807, 2.05) is 13.1 Å². The van der Waals surface area contributed by atoms with Crippen LogP contribution in [0, 0.1) is 6.92 Å². The number of imidazole rings is 1. The molecule has 1 aliphatic heterocycles. The summed E-state index contributed by atoms with van der Waals surface area (Å²) in [6.45, 7) is 10.3. The zero-order valence-electron chi connectivity index (χ0n) is 16.0. The number of nitrogens with zero attached hydrogens (tertiary/aromatic N) is 4. The quantitative estimate of drug-likeness (QED) is 0.913. The third-order valence-electron chi connectivity index (χ3n) is 5.74. The van der Waals surface area contributed by atoms with Crippen molar-refractivity contribution in [1.29, 1.82) is 0 Å². The Balaban J connectivity index is 1.54. The fourth-order valence-corrected chi connectivity index (χ4v) is 4.02. The van der Waals surface area contributed by atoms with Crippen molar-refractivity contribution in [1.82, 2.24) is 19.4 Å². The molecule has 2 aromatic rings.